The largest absolute Gasteiger partial charge is 0.409 e. The summed E-state index contributed by atoms with van der Waals surface area (Å²) in [5, 5.41) is 11.8. The molecule has 0 unspecified atom stereocenters. The van der Waals surface area contributed by atoms with Crippen LogP contribution in [0.15, 0.2) is 54.7 Å². The van der Waals surface area contributed by atoms with Gasteiger partial charge in [-0.3, -0.25) is 0 Å². The molecular weight excluding hydrogens is 214 g/mol. The second-order valence-electron chi connectivity index (χ2n) is 3.48. The summed E-state index contributed by atoms with van der Waals surface area (Å²) in [6, 6.07) is 7.48. The molecule has 0 radical (unpaired) electrons. The molecule has 3 N–H and O–H groups in total. The Kier molecular flexibility index (Phi) is 4.81. The summed E-state index contributed by atoms with van der Waals surface area (Å²) >= 11 is 0. The van der Waals surface area contributed by atoms with Crippen molar-refractivity contribution in [3.05, 3.63) is 55.1 Å². The van der Waals surface area contributed by atoms with Crippen LogP contribution >= 0.6 is 0 Å². The van der Waals surface area contributed by atoms with Crippen molar-refractivity contribution in [3.8, 4) is 0 Å². The van der Waals surface area contributed by atoms with E-state index < -0.39 is 0 Å². The number of anilines is 1. The van der Waals surface area contributed by atoms with Crippen LogP contribution in [0.2, 0.25) is 0 Å². The highest BCUT2D eigenvalue weighted by Crippen LogP contribution is 2.20. The zero-order valence-electron chi connectivity index (χ0n) is 9.71. The van der Waals surface area contributed by atoms with Crippen LogP contribution in [0, 0.1) is 0 Å². The molecule has 0 fully saturated rings. The number of benzene rings is 1. The van der Waals surface area contributed by atoms with Gasteiger partial charge in [-0.1, -0.05) is 29.4 Å². The molecule has 1 rings (SSSR count). The van der Waals surface area contributed by atoms with E-state index in [4.69, 9.17) is 10.9 Å². The predicted octanol–water partition coefficient (Wildman–Crippen LogP) is 1.96. The summed E-state index contributed by atoms with van der Waals surface area (Å²) in [5.41, 5.74) is 7.23. The van der Waals surface area contributed by atoms with Crippen molar-refractivity contribution in [1.29, 1.82) is 0 Å². The lowest BCUT2D eigenvalue weighted by Crippen LogP contribution is -2.27. The minimum absolute atomic E-state index is 0.0960. The lowest BCUT2D eigenvalue weighted by atomic mass is 10.1. The standard InChI is InChI=1S/C13H17N3O/c1-3-9-16(10-4-2)12-8-6-5-7-11(12)13(14)15-17/h3-8,17H,1-2,9-10H2,(H2,14,15). The van der Waals surface area contributed by atoms with Gasteiger partial charge in [-0.25, -0.2) is 0 Å². The molecule has 0 heterocycles. The van der Waals surface area contributed by atoms with Gasteiger partial charge in [-0.2, -0.15) is 0 Å². The SMILES string of the molecule is C=CCN(CC=C)c1ccccc1C(N)=NO. The molecule has 0 atom stereocenters. The average Bonchev–Trinajstić information content (AvgIpc) is 2.37. The van der Waals surface area contributed by atoms with Gasteiger partial charge < -0.3 is 15.8 Å². The van der Waals surface area contributed by atoms with Crippen LogP contribution in [0.5, 0.6) is 0 Å². The first-order chi connectivity index (χ1) is 8.24. The molecule has 0 aliphatic rings. The van der Waals surface area contributed by atoms with E-state index in [1.54, 1.807) is 12.2 Å². The van der Waals surface area contributed by atoms with Crippen molar-refractivity contribution < 1.29 is 5.21 Å². The van der Waals surface area contributed by atoms with E-state index in [1.165, 1.54) is 0 Å². The second-order valence-corrected chi connectivity index (χ2v) is 3.48. The molecule has 1 aromatic carbocycles. The predicted molar refractivity (Wildman–Crippen MR) is 71.6 cm³/mol. The third-order valence-corrected chi connectivity index (χ3v) is 2.33. The second kappa shape index (κ2) is 6.37. The minimum atomic E-state index is 0.0960. The van der Waals surface area contributed by atoms with Crippen LogP contribution in [0.3, 0.4) is 0 Å². The van der Waals surface area contributed by atoms with Crippen molar-refractivity contribution >= 4 is 11.5 Å². The average molecular weight is 231 g/mol. The molecule has 90 valence electrons. The van der Waals surface area contributed by atoms with Crippen LogP contribution in [-0.4, -0.2) is 24.1 Å². The van der Waals surface area contributed by atoms with Crippen LogP contribution in [0.1, 0.15) is 5.56 Å². The minimum Gasteiger partial charge on any atom is -0.409 e. The van der Waals surface area contributed by atoms with Gasteiger partial charge in [0, 0.05) is 24.3 Å². The van der Waals surface area contributed by atoms with E-state index in [9.17, 15) is 0 Å². The molecule has 0 spiro atoms. The molecule has 0 aliphatic heterocycles. The summed E-state index contributed by atoms with van der Waals surface area (Å²) in [4.78, 5) is 2.04. The van der Waals surface area contributed by atoms with Crippen molar-refractivity contribution in [2.24, 2.45) is 10.9 Å². The number of amidine groups is 1. The Bertz CT molecular complexity index is 416. The molecule has 0 bridgehead atoms. The quantitative estimate of drug-likeness (QED) is 0.259. The van der Waals surface area contributed by atoms with Gasteiger partial charge in [0.05, 0.1) is 0 Å². The van der Waals surface area contributed by atoms with Crippen LogP contribution in [0.4, 0.5) is 5.69 Å². The van der Waals surface area contributed by atoms with Crippen LogP contribution < -0.4 is 10.6 Å². The Hall–Kier alpha value is -2.23. The maximum atomic E-state index is 8.76. The lowest BCUT2D eigenvalue weighted by molar-refractivity contribution is 0.318. The van der Waals surface area contributed by atoms with Crippen molar-refractivity contribution in [1.82, 2.24) is 0 Å². The highest BCUT2D eigenvalue weighted by Gasteiger charge is 2.11. The highest BCUT2D eigenvalue weighted by atomic mass is 16.4. The molecule has 0 saturated heterocycles. The monoisotopic (exact) mass is 231 g/mol. The fourth-order valence-corrected chi connectivity index (χ4v) is 1.60. The third kappa shape index (κ3) is 3.11. The van der Waals surface area contributed by atoms with Gasteiger partial charge in [0.15, 0.2) is 5.84 Å². The van der Waals surface area contributed by atoms with Gasteiger partial charge in [-0.05, 0) is 12.1 Å². The van der Waals surface area contributed by atoms with Crippen molar-refractivity contribution in [3.63, 3.8) is 0 Å². The fraction of sp³-hybridized carbons (Fsp3) is 0.154. The number of nitrogens with zero attached hydrogens (tertiary/aromatic N) is 2. The number of nitrogens with two attached hydrogens (primary N) is 1. The first-order valence-electron chi connectivity index (χ1n) is 5.28. The van der Waals surface area contributed by atoms with Gasteiger partial charge in [0.1, 0.15) is 0 Å². The zero-order chi connectivity index (χ0) is 12.7. The van der Waals surface area contributed by atoms with E-state index in [1.807, 2.05) is 29.2 Å². The van der Waals surface area contributed by atoms with E-state index in [0.29, 0.717) is 18.7 Å². The first kappa shape index (κ1) is 12.8. The molecule has 0 aliphatic carbocycles. The molecule has 4 heteroatoms. The maximum Gasteiger partial charge on any atom is 0.172 e. The lowest BCUT2D eigenvalue weighted by Gasteiger charge is -2.24. The molecule has 17 heavy (non-hydrogen) atoms. The van der Waals surface area contributed by atoms with Crippen molar-refractivity contribution in [2.45, 2.75) is 0 Å². The number of hydrogen-bond acceptors (Lipinski definition) is 3. The normalized spacial score (nSPS) is 10.9. The molecular formula is C13H17N3O. The number of para-hydroxylation sites is 1. The fourth-order valence-electron chi connectivity index (χ4n) is 1.60. The topological polar surface area (TPSA) is 61.8 Å². The summed E-state index contributed by atoms with van der Waals surface area (Å²) < 4.78 is 0. The Balaban J connectivity index is 3.17. The van der Waals surface area contributed by atoms with E-state index in [2.05, 4.69) is 18.3 Å². The van der Waals surface area contributed by atoms with Crippen LogP contribution in [0.25, 0.3) is 0 Å². The molecule has 1 aromatic rings. The number of oxime groups is 1. The smallest absolute Gasteiger partial charge is 0.172 e. The summed E-state index contributed by atoms with van der Waals surface area (Å²) in [5.74, 6) is 0.0960. The summed E-state index contributed by atoms with van der Waals surface area (Å²) in [7, 11) is 0. The van der Waals surface area contributed by atoms with E-state index >= 15 is 0 Å². The highest BCUT2D eigenvalue weighted by molar-refractivity contribution is 6.02. The first-order valence-corrected chi connectivity index (χ1v) is 5.28. The van der Waals surface area contributed by atoms with Gasteiger partial charge >= 0.3 is 0 Å². The Morgan fingerprint density at radius 3 is 2.41 bits per heavy atom. The Morgan fingerprint density at radius 1 is 1.29 bits per heavy atom. The van der Waals surface area contributed by atoms with Crippen LogP contribution in [-0.2, 0) is 0 Å². The summed E-state index contributed by atoms with van der Waals surface area (Å²) in [6.45, 7) is 8.77. The van der Waals surface area contributed by atoms with E-state index in [0.717, 1.165) is 5.69 Å². The molecule has 0 saturated carbocycles. The Labute approximate surface area is 101 Å². The maximum absolute atomic E-state index is 8.76. The number of rotatable bonds is 6. The Morgan fingerprint density at radius 2 is 1.88 bits per heavy atom. The molecule has 0 amide bonds. The molecule has 0 aromatic heterocycles. The molecule has 4 nitrogen and oxygen atoms in total. The van der Waals surface area contributed by atoms with Crippen molar-refractivity contribution in [2.75, 3.05) is 18.0 Å². The summed E-state index contributed by atoms with van der Waals surface area (Å²) in [6.07, 6.45) is 3.60. The zero-order valence-corrected chi connectivity index (χ0v) is 9.71. The van der Waals surface area contributed by atoms with E-state index in [-0.39, 0.29) is 5.84 Å². The van der Waals surface area contributed by atoms with Gasteiger partial charge in [0.25, 0.3) is 0 Å². The van der Waals surface area contributed by atoms with Gasteiger partial charge in [-0.15, -0.1) is 13.2 Å². The van der Waals surface area contributed by atoms with Gasteiger partial charge in [0.2, 0.25) is 0 Å². The third-order valence-electron chi connectivity index (χ3n) is 2.33. The number of hydrogen-bond donors (Lipinski definition) is 2.